The first-order valence-electron chi connectivity index (χ1n) is 5.09. The highest BCUT2D eigenvalue weighted by atomic mass is 19.3. The van der Waals surface area contributed by atoms with E-state index in [2.05, 4.69) is 0 Å². The number of halogens is 2. The lowest BCUT2D eigenvalue weighted by atomic mass is 10.0. The number of alkyl halides is 2. The van der Waals surface area contributed by atoms with Crippen LogP contribution in [0.3, 0.4) is 0 Å². The maximum absolute atomic E-state index is 12.9. The van der Waals surface area contributed by atoms with E-state index in [4.69, 9.17) is 0 Å². The highest BCUT2D eigenvalue weighted by Crippen LogP contribution is 2.26. The lowest BCUT2D eigenvalue weighted by molar-refractivity contribution is -0.147. The molecule has 0 radical (unpaired) electrons. The van der Waals surface area contributed by atoms with Crippen molar-refractivity contribution >= 4 is 5.91 Å². The van der Waals surface area contributed by atoms with E-state index in [0.29, 0.717) is 13.1 Å². The molecule has 0 bridgehead atoms. The van der Waals surface area contributed by atoms with Crippen LogP contribution >= 0.6 is 0 Å². The van der Waals surface area contributed by atoms with Crippen molar-refractivity contribution in [3.63, 3.8) is 0 Å². The molecule has 0 spiro atoms. The summed E-state index contributed by atoms with van der Waals surface area (Å²) in [6.45, 7) is 3.38. The molecule has 4 heteroatoms. The van der Waals surface area contributed by atoms with Gasteiger partial charge in [-0.3, -0.25) is 4.79 Å². The van der Waals surface area contributed by atoms with Gasteiger partial charge in [0, 0.05) is 20.0 Å². The fourth-order valence-electron chi connectivity index (χ4n) is 1.60. The van der Waals surface area contributed by atoms with Crippen LogP contribution in [0.1, 0.15) is 33.1 Å². The Kier molecular flexibility index (Phi) is 3.45. The Bertz CT molecular complexity index is 207. The number of piperidine rings is 1. The fourth-order valence-corrected chi connectivity index (χ4v) is 1.60. The van der Waals surface area contributed by atoms with Gasteiger partial charge in [0.15, 0.2) is 0 Å². The van der Waals surface area contributed by atoms with Crippen LogP contribution in [-0.2, 0) is 4.79 Å². The van der Waals surface area contributed by atoms with E-state index in [0.717, 1.165) is 26.2 Å². The average Bonchev–Trinajstić information content (AvgIpc) is 2.15. The first-order chi connectivity index (χ1) is 6.43. The second kappa shape index (κ2) is 4.24. The summed E-state index contributed by atoms with van der Waals surface area (Å²) in [5, 5.41) is 0. The third-order valence-electron chi connectivity index (χ3n) is 2.80. The summed E-state index contributed by atoms with van der Waals surface area (Å²) in [6, 6.07) is 0. The van der Waals surface area contributed by atoms with Crippen molar-refractivity contribution in [1.29, 1.82) is 0 Å². The Balaban J connectivity index is 2.55. The average molecular weight is 205 g/mol. The van der Waals surface area contributed by atoms with Crippen LogP contribution in [0.5, 0.6) is 0 Å². The SMILES string of the molecule is CC(C(=O)N1CCCCC1)C(C)(F)F. The van der Waals surface area contributed by atoms with E-state index >= 15 is 0 Å². The predicted molar refractivity (Wildman–Crippen MR) is 50.2 cm³/mol. The summed E-state index contributed by atoms with van der Waals surface area (Å²) in [4.78, 5) is 13.2. The van der Waals surface area contributed by atoms with Crippen molar-refractivity contribution in [3.05, 3.63) is 0 Å². The van der Waals surface area contributed by atoms with E-state index in [1.54, 1.807) is 4.90 Å². The molecule has 1 saturated heterocycles. The van der Waals surface area contributed by atoms with Gasteiger partial charge in [0.1, 0.15) is 0 Å². The second-order valence-electron chi connectivity index (χ2n) is 4.06. The molecule has 0 aromatic heterocycles. The maximum Gasteiger partial charge on any atom is 0.256 e. The molecule has 1 aliphatic heterocycles. The van der Waals surface area contributed by atoms with Crippen LogP contribution in [0, 0.1) is 5.92 Å². The Hall–Kier alpha value is -0.670. The van der Waals surface area contributed by atoms with E-state index in [-0.39, 0.29) is 0 Å². The number of carbonyl (C=O) groups is 1. The Morgan fingerprint density at radius 2 is 1.79 bits per heavy atom. The van der Waals surface area contributed by atoms with Gasteiger partial charge in [-0.15, -0.1) is 0 Å². The quantitative estimate of drug-likeness (QED) is 0.677. The normalized spacial score (nSPS) is 20.7. The predicted octanol–water partition coefficient (Wildman–Crippen LogP) is 2.29. The van der Waals surface area contributed by atoms with Crippen LogP contribution < -0.4 is 0 Å². The van der Waals surface area contributed by atoms with Gasteiger partial charge in [-0.25, -0.2) is 8.78 Å². The summed E-state index contributed by atoms with van der Waals surface area (Å²) in [7, 11) is 0. The van der Waals surface area contributed by atoms with Gasteiger partial charge in [0.25, 0.3) is 5.92 Å². The lowest BCUT2D eigenvalue weighted by Crippen LogP contribution is -2.43. The van der Waals surface area contributed by atoms with E-state index in [1.165, 1.54) is 6.92 Å². The third kappa shape index (κ3) is 2.66. The van der Waals surface area contributed by atoms with Gasteiger partial charge < -0.3 is 4.90 Å². The zero-order valence-corrected chi connectivity index (χ0v) is 8.72. The van der Waals surface area contributed by atoms with Crippen LogP contribution in [0.25, 0.3) is 0 Å². The minimum Gasteiger partial charge on any atom is -0.342 e. The summed E-state index contributed by atoms with van der Waals surface area (Å²) in [6.07, 6.45) is 2.97. The smallest absolute Gasteiger partial charge is 0.256 e. The van der Waals surface area contributed by atoms with Gasteiger partial charge in [0.2, 0.25) is 5.91 Å². The molecule has 1 atom stereocenters. The first kappa shape index (κ1) is 11.4. The van der Waals surface area contributed by atoms with E-state index in [1.807, 2.05) is 0 Å². The van der Waals surface area contributed by atoms with Crippen molar-refractivity contribution in [3.8, 4) is 0 Å². The molecule has 1 heterocycles. The molecule has 1 aliphatic rings. The van der Waals surface area contributed by atoms with E-state index in [9.17, 15) is 13.6 Å². The molecule has 14 heavy (non-hydrogen) atoms. The zero-order valence-electron chi connectivity index (χ0n) is 8.72. The number of likely N-dealkylation sites (tertiary alicyclic amines) is 1. The highest BCUT2D eigenvalue weighted by Gasteiger charge is 2.38. The highest BCUT2D eigenvalue weighted by molar-refractivity contribution is 5.79. The summed E-state index contributed by atoms with van der Waals surface area (Å²) in [5.41, 5.74) is 0. The zero-order chi connectivity index (χ0) is 10.8. The molecule has 0 aromatic carbocycles. The van der Waals surface area contributed by atoms with Crippen molar-refractivity contribution in [2.75, 3.05) is 13.1 Å². The standard InChI is InChI=1S/C10H17F2NO/c1-8(10(2,11)12)9(14)13-6-4-3-5-7-13/h8H,3-7H2,1-2H3. The first-order valence-corrected chi connectivity index (χ1v) is 5.09. The molecular formula is C10H17F2NO. The number of hydrogen-bond acceptors (Lipinski definition) is 1. The molecule has 1 fully saturated rings. The Labute approximate surface area is 83.3 Å². The van der Waals surface area contributed by atoms with Gasteiger partial charge in [-0.05, 0) is 26.2 Å². The Morgan fingerprint density at radius 1 is 1.29 bits per heavy atom. The second-order valence-corrected chi connectivity index (χ2v) is 4.06. The fraction of sp³-hybridized carbons (Fsp3) is 0.900. The van der Waals surface area contributed by atoms with Gasteiger partial charge in [-0.2, -0.15) is 0 Å². The number of hydrogen-bond donors (Lipinski definition) is 0. The Morgan fingerprint density at radius 3 is 2.21 bits per heavy atom. The monoisotopic (exact) mass is 205 g/mol. The molecule has 0 aliphatic carbocycles. The van der Waals surface area contributed by atoms with E-state index < -0.39 is 17.7 Å². The molecule has 0 saturated carbocycles. The number of carbonyl (C=O) groups excluding carboxylic acids is 1. The van der Waals surface area contributed by atoms with Crippen molar-refractivity contribution in [2.45, 2.75) is 39.0 Å². The minimum atomic E-state index is -2.91. The summed E-state index contributed by atoms with van der Waals surface area (Å²) in [5.74, 6) is -4.51. The molecule has 0 N–H and O–H groups in total. The van der Waals surface area contributed by atoms with Crippen LogP contribution in [0.2, 0.25) is 0 Å². The van der Waals surface area contributed by atoms with Crippen LogP contribution in [0.15, 0.2) is 0 Å². The topological polar surface area (TPSA) is 20.3 Å². The van der Waals surface area contributed by atoms with Crippen molar-refractivity contribution in [1.82, 2.24) is 4.90 Å². The molecule has 1 amide bonds. The minimum absolute atomic E-state index is 0.405. The number of rotatable bonds is 2. The summed E-state index contributed by atoms with van der Waals surface area (Å²) >= 11 is 0. The maximum atomic E-state index is 12.9. The molecule has 82 valence electrons. The van der Waals surface area contributed by atoms with Crippen molar-refractivity contribution in [2.24, 2.45) is 5.92 Å². The number of nitrogens with zero attached hydrogens (tertiary/aromatic N) is 1. The van der Waals surface area contributed by atoms with Crippen LogP contribution in [-0.4, -0.2) is 29.8 Å². The van der Waals surface area contributed by atoms with Crippen LogP contribution in [0.4, 0.5) is 8.78 Å². The molecule has 0 aromatic rings. The summed E-state index contributed by atoms with van der Waals surface area (Å²) < 4.78 is 25.7. The third-order valence-corrected chi connectivity index (χ3v) is 2.80. The number of amides is 1. The molecule has 1 rings (SSSR count). The molecular weight excluding hydrogens is 188 g/mol. The molecule has 2 nitrogen and oxygen atoms in total. The largest absolute Gasteiger partial charge is 0.342 e. The lowest BCUT2D eigenvalue weighted by Gasteiger charge is -2.31. The van der Waals surface area contributed by atoms with Gasteiger partial charge in [-0.1, -0.05) is 0 Å². The van der Waals surface area contributed by atoms with Crippen molar-refractivity contribution < 1.29 is 13.6 Å². The molecule has 1 unspecified atom stereocenters. The van der Waals surface area contributed by atoms with Gasteiger partial charge >= 0.3 is 0 Å². The van der Waals surface area contributed by atoms with Gasteiger partial charge in [0.05, 0.1) is 5.92 Å².